The maximum atomic E-state index is 10.9. The first-order chi connectivity index (χ1) is 6.42. The van der Waals surface area contributed by atoms with Crippen LogP contribution >= 0.6 is 15.9 Å². The van der Waals surface area contributed by atoms with Gasteiger partial charge in [-0.2, -0.15) is 8.42 Å². The van der Waals surface area contributed by atoms with E-state index in [9.17, 15) is 8.42 Å². The molecule has 0 amide bonds. The summed E-state index contributed by atoms with van der Waals surface area (Å²) in [5, 5.41) is 0. The Bertz CT molecular complexity index is 427. The Kier molecular flexibility index (Phi) is 3.38. The number of hydrogen-bond donors (Lipinski definition) is 0. The van der Waals surface area contributed by atoms with E-state index in [2.05, 4.69) is 15.9 Å². The highest BCUT2D eigenvalue weighted by molar-refractivity contribution is 9.10. The van der Waals surface area contributed by atoms with Crippen LogP contribution in [0.5, 0.6) is 11.5 Å². The normalized spacial score (nSPS) is 11.1. The number of methoxy groups -OCH3 is 1. The van der Waals surface area contributed by atoms with Crippen LogP contribution in [0.3, 0.4) is 0 Å². The van der Waals surface area contributed by atoms with Crippen molar-refractivity contribution in [1.82, 2.24) is 0 Å². The fraction of sp³-hybridized carbons (Fsp3) is 0.250. The molecule has 0 spiro atoms. The lowest BCUT2D eigenvalue weighted by Crippen LogP contribution is -2.06. The molecular weight excluding hydrogens is 272 g/mol. The zero-order chi connectivity index (χ0) is 10.8. The van der Waals surface area contributed by atoms with Crippen molar-refractivity contribution in [3.63, 3.8) is 0 Å². The van der Waals surface area contributed by atoms with Gasteiger partial charge >= 0.3 is 10.1 Å². The molecule has 1 aromatic rings. The van der Waals surface area contributed by atoms with Crippen molar-refractivity contribution in [1.29, 1.82) is 0 Å². The zero-order valence-corrected chi connectivity index (χ0v) is 10.1. The van der Waals surface area contributed by atoms with Crippen LogP contribution in [0.2, 0.25) is 0 Å². The summed E-state index contributed by atoms with van der Waals surface area (Å²) in [7, 11) is -2.02. The van der Waals surface area contributed by atoms with E-state index in [0.717, 1.165) is 6.26 Å². The molecule has 0 heterocycles. The van der Waals surface area contributed by atoms with E-state index in [0.29, 0.717) is 10.2 Å². The van der Waals surface area contributed by atoms with Gasteiger partial charge in [0.2, 0.25) is 0 Å². The Balaban J connectivity index is 3.07. The highest BCUT2D eigenvalue weighted by Crippen LogP contribution is 2.29. The molecular formula is C8H9BrO4S. The average Bonchev–Trinajstić information content (AvgIpc) is 2.06. The molecule has 0 radical (unpaired) electrons. The van der Waals surface area contributed by atoms with Crippen LogP contribution in [0.4, 0.5) is 0 Å². The van der Waals surface area contributed by atoms with Gasteiger partial charge in [-0.05, 0) is 28.1 Å². The van der Waals surface area contributed by atoms with Gasteiger partial charge in [0.15, 0.2) is 5.75 Å². The molecule has 6 heteroatoms. The predicted molar refractivity (Wildman–Crippen MR) is 56.2 cm³/mol. The lowest BCUT2D eigenvalue weighted by Gasteiger charge is -2.06. The summed E-state index contributed by atoms with van der Waals surface area (Å²) in [6.45, 7) is 0. The molecule has 0 unspecified atom stereocenters. The molecule has 4 nitrogen and oxygen atoms in total. The second-order valence-electron chi connectivity index (χ2n) is 2.58. The van der Waals surface area contributed by atoms with Crippen LogP contribution in [0, 0.1) is 0 Å². The zero-order valence-electron chi connectivity index (χ0n) is 7.65. The molecule has 0 aromatic heterocycles. The lowest BCUT2D eigenvalue weighted by atomic mass is 10.3. The van der Waals surface area contributed by atoms with Crippen LogP contribution in [0.15, 0.2) is 22.7 Å². The van der Waals surface area contributed by atoms with E-state index in [4.69, 9.17) is 8.92 Å². The molecule has 0 N–H and O–H groups in total. The summed E-state index contributed by atoms with van der Waals surface area (Å²) in [5.74, 6) is 0.749. The Morgan fingerprint density at radius 3 is 2.50 bits per heavy atom. The maximum absolute atomic E-state index is 10.9. The number of rotatable bonds is 3. The van der Waals surface area contributed by atoms with Crippen LogP contribution in [-0.2, 0) is 10.1 Å². The minimum atomic E-state index is -3.51. The van der Waals surface area contributed by atoms with Crippen LogP contribution in [0.25, 0.3) is 0 Å². The maximum Gasteiger partial charge on any atom is 0.306 e. The fourth-order valence-corrected chi connectivity index (χ4v) is 1.74. The Morgan fingerprint density at radius 1 is 1.36 bits per heavy atom. The number of ether oxygens (including phenoxy) is 1. The van der Waals surface area contributed by atoms with Gasteiger partial charge in [-0.1, -0.05) is 0 Å². The van der Waals surface area contributed by atoms with Crippen molar-refractivity contribution < 1.29 is 17.3 Å². The topological polar surface area (TPSA) is 52.6 Å². The molecule has 0 saturated carbocycles. The molecule has 1 aromatic carbocycles. The summed E-state index contributed by atoms with van der Waals surface area (Å²) in [6, 6.07) is 4.84. The molecule has 0 saturated heterocycles. The van der Waals surface area contributed by atoms with E-state index in [1.54, 1.807) is 12.1 Å². The van der Waals surface area contributed by atoms with Gasteiger partial charge < -0.3 is 8.92 Å². The third-order valence-electron chi connectivity index (χ3n) is 1.38. The van der Waals surface area contributed by atoms with Gasteiger partial charge in [0, 0.05) is 6.07 Å². The van der Waals surface area contributed by atoms with Crippen molar-refractivity contribution in [2.24, 2.45) is 0 Å². The third kappa shape index (κ3) is 3.19. The highest BCUT2D eigenvalue weighted by atomic mass is 79.9. The van der Waals surface area contributed by atoms with Gasteiger partial charge in [-0.3, -0.25) is 0 Å². The van der Waals surface area contributed by atoms with Gasteiger partial charge in [0.05, 0.1) is 17.8 Å². The van der Waals surface area contributed by atoms with Crippen molar-refractivity contribution in [3.05, 3.63) is 22.7 Å². The molecule has 0 bridgehead atoms. The van der Waals surface area contributed by atoms with E-state index in [1.165, 1.54) is 13.2 Å². The molecule has 14 heavy (non-hydrogen) atoms. The second kappa shape index (κ2) is 4.18. The van der Waals surface area contributed by atoms with E-state index >= 15 is 0 Å². The van der Waals surface area contributed by atoms with E-state index in [-0.39, 0.29) is 5.75 Å². The molecule has 0 fully saturated rings. The van der Waals surface area contributed by atoms with Gasteiger partial charge in [-0.15, -0.1) is 0 Å². The fourth-order valence-electron chi connectivity index (χ4n) is 0.838. The molecule has 78 valence electrons. The second-order valence-corrected chi connectivity index (χ2v) is 5.01. The van der Waals surface area contributed by atoms with Crippen LogP contribution in [-0.4, -0.2) is 21.8 Å². The van der Waals surface area contributed by atoms with E-state index in [1.807, 2.05) is 0 Å². The molecule has 0 aliphatic carbocycles. The number of benzene rings is 1. The van der Waals surface area contributed by atoms with Gasteiger partial charge in [-0.25, -0.2) is 0 Å². The first-order valence-electron chi connectivity index (χ1n) is 3.65. The monoisotopic (exact) mass is 280 g/mol. The molecule has 0 aliphatic rings. The highest BCUT2D eigenvalue weighted by Gasteiger charge is 2.09. The van der Waals surface area contributed by atoms with E-state index < -0.39 is 10.1 Å². The first-order valence-corrected chi connectivity index (χ1v) is 6.26. The lowest BCUT2D eigenvalue weighted by molar-refractivity contribution is 0.411. The van der Waals surface area contributed by atoms with Crippen LogP contribution < -0.4 is 8.92 Å². The van der Waals surface area contributed by atoms with Crippen molar-refractivity contribution in [2.75, 3.05) is 13.4 Å². The van der Waals surface area contributed by atoms with Crippen molar-refractivity contribution >= 4 is 26.0 Å². The summed E-state index contributed by atoms with van der Waals surface area (Å²) >= 11 is 3.17. The summed E-state index contributed by atoms with van der Waals surface area (Å²) in [6.07, 6.45) is 0.985. The minimum absolute atomic E-state index is 0.215. The minimum Gasteiger partial charge on any atom is -0.497 e. The molecule has 0 atom stereocenters. The molecule has 1 rings (SSSR count). The average molecular weight is 281 g/mol. The van der Waals surface area contributed by atoms with Crippen molar-refractivity contribution in [2.45, 2.75) is 0 Å². The third-order valence-corrected chi connectivity index (χ3v) is 2.52. The number of halogens is 1. The Labute approximate surface area is 91.1 Å². The molecule has 0 aliphatic heterocycles. The Hall–Kier alpha value is -0.750. The summed E-state index contributed by atoms with van der Waals surface area (Å²) in [5.41, 5.74) is 0. The van der Waals surface area contributed by atoms with Crippen molar-refractivity contribution in [3.8, 4) is 11.5 Å². The van der Waals surface area contributed by atoms with Gasteiger partial charge in [0.1, 0.15) is 5.75 Å². The number of hydrogen-bond acceptors (Lipinski definition) is 4. The van der Waals surface area contributed by atoms with Crippen LogP contribution in [0.1, 0.15) is 0 Å². The SMILES string of the molecule is COc1ccc(Br)c(OS(C)(=O)=O)c1. The quantitative estimate of drug-likeness (QED) is 0.793. The smallest absolute Gasteiger partial charge is 0.306 e. The largest absolute Gasteiger partial charge is 0.497 e. The first kappa shape index (κ1) is 11.3. The summed E-state index contributed by atoms with van der Waals surface area (Å²) < 4.78 is 31.9. The summed E-state index contributed by atoms with van der Waals surface area (Å²) in [4.78, 5) is 0. The van der Waals surface area contributed by atoms with Gasteiger partial charge in [0.25, 0.3) is 0 Å². The Morgan fingerprint density at radius 2 is 2.00 bits per heavy atom. The predicted octanol–water partition coefficient (Wildman–Crippen LogP) is 1.80. The standard InChI is InChI=1S/C8H9BrO4S/c1-12-6-3-4-7(9)8(5-6)13-14(2,10)11/h3-5H,1-2H3.